The molecule has 0 spiro atoms. The predicted molar refractivity (Wildman–Crippen MR) is 119 cm³/mol. The molecule has 1 heterocycles. The van der Waals surface area contributed by atoms with Gasteiger partial charge in [-0.3, -0.25) is 0 Å². The molecule has 30 heavy (non-hydrogen) atoms. The molecule has 0 N–H and O–H groups in total. The number of likely N-dealkylation sites (N-methyl/N-ethyl adjacent to an activating group) is 1. The van der Waals surface area contributed by atoms with Crippen molar-refractivity contribution < 1.29 is 18.7 Å². The number of hydrogen-bond donors (Lipinski definition) is 0. The first-order valence-corrected chi connectivity index (χ1v) is 9.91. The molecule has 5 heteroatoms. The van der Waals surface area contributed by atoms with Crippen LogP contribution >= 0.6 is 0 Å². The maximum Gasteiger partial charge on any atom is 0.336 e. The molecule has 0 unspecified atom stereocenters. The van der Waals surface area contributed by atoms with Gasteiger partial charge in [-0.1, -0.05) is 36.4 Å². The van der Waals surface area contributed by atoms with Crippen molar-refractivity contribution in [3.8, 4) is 5.75 Å². The molecule has 0 aliphatic rings. The standard InChI is InChI=1S/C25H27NO4/c1-4-26(21-14-16-22(28-2)17-15-21)25(24(27)29-3,20-10-6-5-7-11-20)18-8-12-23-13-9-19-30-23/h5-17,19H,4,18H2,1-3H3/b12-8+/t25-/m0/s1. The van der Waals surface area contributed by atoms with Gasteiger partial charge in [0.25, 0.3) is 0 Å². The van der Waals surface area contributed by atoms with Gasteiger partial charge in [0.1, 0.15) is 11.5 Å². The zero-order valence-corrected chi connectivity index (χ0v) is 17.6. The number of carbonyl (C=O) groups excluding carboxylic acids is 1. The number of benzene rings is 2. The van der Waals surface area contributed by atoms with E-state index in [0.717, 1.165) is 22.8 Å². The lowest BCUT2D eigenvalue weighted by Gasteiger charge is -2.42. The Kier molecular flexibility index (Phi) is 6.96. The van der Waals surface area contributed by atoms with E-state index in [2.05, 4.69) is 4.90 Å². The minimum Gasteiger partial charge on any atom is -0.497 e. The Morgan fingerprint density at radius 1 is 1.03 bits per heavy atom. The number of ether oxygens (including phenoxy) is 2. The second-order valence-corrected chi connectivity index (χ2v) is 6.78. The minimum atomic E-state index is -1.04. The Balaban J connectivity index is 2.12. The lowest BCUT2D eigenvalue weighted by Crippen LogP contribution is -2.53. The summed E-state index contributed by atoms with van der Waals surface area (Å²) in [7, 11) is 3.06. The summed E-state index contributed by atoms with van der Waals surface area (Å²) in [6, 6.07) is 21.1. The Morgan fingerprint density at radius 2 is 1.77 bits per heavy atom. The van der Waals surface area contributed by atoms with Crippen LogP contribution in [0.15, 0.2) is 83.5 Å². The molecule has 0 radical (unpaired) electrons. The van der Waals surface area contributed by atoms with Gasteiger partial charge in [0.05, 0.1) is 20.5 Å². The first-order valence-electron chi connectivity index (χ1n) is 9.91. The van der Waals surface area contributed by atoms with Gasteiger partial charge in [-0.05, 0) is 55.0 Å². The first kappa shape index (κ1) is 21.2. The Labute approximate surface area is 177 Å². The van der Waals surface area contributed by atoms with E-state index in [1.165, 1.54) is 7.11 Å². The van der Waals surface area contributed by atoms with E-state index in [1.54, 1.807) is 13.4 Å². The molecule has 3 rings (SSSR count). The summed E-state index contributed by atoms with van der Waals surface area (Å²) in [5.41, 5.74) is 0.722. The molecule has 3 aromatic rings. The molecule has 0 amide bonds. The molecule has 0 saturated carbocycles. The van der Waals surface area contributed by atoms with Gasteiger partial charge in [-0.15, -0.1) is 0 Å². The Bertz CT molecular complexity index is 949. The fraction of sp³-hybridized carbons (Fsp3) is 0.240. The van der Waals surface area contributed by atoms with Crippen LogP contribution in [0.25, 0.3) is 6.08 Å². The molecule has 2 aromatic carbocycles. The van der Waals surface area contributed by atoms with E-state index in [4.69, 9.17) is 13.9 Å². The van der Waals surface area contributed by atoms with Crippen molar-refractivity contribution in [3.63, 3.8) is 0 Å². The van der Waals surface area contributed by atoms with E-state index in [9.17, 15) is 4.79 Å². The Morgan fingerprint density at radius 3 is 2.33 bits per heavy atom. The molecule has 0 bridgehead atoms. The van der Waals surface area contributed by atoms with Gasteiger partial charge in [0, 0.05) is 18.7 Å². The van der Waals surface area contributed by atoms with Crippen molar-refractivity contribution in [2.75, 3.05) is 25.7 Å². The fourth-order valence-electron chi connectivity index (χ4n) is 3.74. The van der Waals surface area contributed by atoms with Crippen LogP contribution in [0.5, 0.6) is 5.75 Å². The number of hydrogen-bond acceptors (Lipinski definition) is 5. The summed E-state index contributed by atoms with van der Waals surface area (Å²) in [6.45, 7) is 2.63. The van der Waals surface area contributed by atoms with E-state index in [1.807, 2.05) is 85.8 Å². The molecule has 0 aliphatic carbocycles. The summed E-state index contributed by atoms with van der Waals surface area (Å²) >= 11 is 0. The van der Waals surface area contributed by atoms with E-state index >= 15 is 0 Å². The summed E-state index contributed by atoms with van der Waals surface area (Å²) in [5.74, 6) is 1.17. The summed E-state index contributed by atoms with van der Waals surface area (Å²) in [6.07, 6.45) is 5.86. The second-order valence-electron chi connectivity index (χ2n) is 6.78. The van der Waals surface area contributed by atoms with E-state index < -0.39 is 5.54 Å². The third-order valence-electron chi connectivity index (χ3n) is 5.17. The van der Waals surface area contributed by atoms with Gasteiger partial charge < -0.3 is 18.8 Å². The molecular formula is C25H27NO4. The monoisotopic (exact) mass is 405 g/mol. The average molecular weight is 405 g/mol. The number of esters is 1. The van der Waals surface area contributed by atoms with Gasteiger partial charge in [0.2, 0.25) is 0 Å². The number of methoxy groups -OCH3 is 2. The Hall–Kier alpha value is -3.47. The molecular weight excluding hydrogens is 378 g/mol. The fourth-order valence-corrected chi connectivity index (χ4v) is 3.74. The normalized spacial score (nSPS) is 13.0. The van der Waals surface area contributed by atoms with Gasteiger partial charge in [0.15, 0.2) is 5.54 Å². The highest BCUT2D eigenvalue weighted by molar-refractivity contribution is 5.87. The largest absolute Gasteiger partial charge is 0.497 e. The molecule has 0 fully saturated rings. The molecule has 0 aliphatic heterocycles. The lowest BCUT2D eigenvalue weighted by atomic mass is 9.83. The highest BCUT2D eigenvalue weighted by Crippen LogP contribution is 2.38. The van der Waals surface area contributed by atoms with Crippen LogP contribution in [-0.2, 0) is 15.1 Å². The molecule has 1 atom stereocenters. The smallest absolute Gasteiger partial charge is 0.336 e. The van der Waals surface area contributed by atoms with Crippen molar-refractivity contribution in [2.24, 2.45) is 0 Å². The third kappa shape index (κ3) is 4.25. The second kappa shape index (κ2) is 9.83. The zero-order valence-electron chi connectivity index (χ0n) is 17.6. The maximum absolute atomic E-state index is 13.4. The van der Waals surface area contributed by atoms with Crippen LogP contribution in [0.4, 0.5) is 5.69 Å². The van der Waals surface area contributed by atoms with Crippen LogP contribution < -0.4 is 9.64 Å². The van der Waals surface area contributed by atoms with Gasteiger partial charge >= 0.3 is 5.97 Å². The number of nitrogens with zero attached hydrogens (tertiary/aromatic N) is 1. The third-order valence-corrected chi connectivity index (χ3v) is 5.17. The zero-order chi connectivity index (χ0) is 21.4. The van der Waals surface area contributed by atoms with E-state index in [0.29, 0.717) is 13.0 Å². The molecule has 0 saturated heterocycles. The van der Waals surface area contributed by atoms with Crippen molar-refractivity contribution in [1.82, 2.24) is 0 Å². The summed E-state index contributed by atoms with van der Waals surface area (Å²) < 4.78 is 16.0. The number of rotatable bonds is 9. The van der Waals surface area contributed by atoms with Crippen LogP contribution in [-0.4, -0.2) is 26.7 Å². The molecule has 1 aromatic heterocycles. The number of furan rings is 1. The van der Waals surface area contributed by atoms with Crippen molar-refractivity contribution in [3.05, 3.63) is 90.4 Å². The average Bonchev–Trinajstić information content (AvgIpc) is 3.32. The summed E-state index contributed by atoms with van der Waals surface area (Å²) in [5, 5.41) is 0. The van der Waals surface area contributed by atoms with E-state index in [-0.39, 0.29) is 5.97 Å². The highest BCUT2D eigenvalue weighted by atomic mass is 16.5. The number of anilines is 1. The van der Waals surface area contributed by atoms with Crippen molar-refractivity contribution in [2.45, 2.75) is 18.9 Å². The molecule has 5 nitrogen and oxygen atoms in total. The quantitative estimate of drug-likeness (QED) is 0.453. The van der Waals surface area contributed by atoms with Gasteiger partial charge in [-0.2, -0.15) is 0 Å². The van der Waals surface area contributed by atoms with Crippen LogP contribution in [0.1, 0.15) is 24.7 Å². The van der Waals surface area contributed by atoms with Crippen molar-refractivity contribution >= 4 is 17.7 Å². The van der Waals surface area contributed by atoms with Crippen LogP contribution in [0, 0.1) is 0 Å². The van der Waals surface area contributed by atoms with Gasteiger partial charge in [-0.25, -0.2) is 4.79 Å². The number of carbonyl (C=O) groups is 1. The minimum absolute atomic E-state index is 0.324. The van der Waals surface area contributed by atoms with Crippen LogP contribution in [0.2, 0.25) is 0 Å². The highest BCUT2D eigenvalue weighted by Gasteiger charge is 2.45. The predicted octanol–water partition coefficient (Wildman–Crippen LogP) is 5.29. The van der Waals surface area contributed by atoms with Crippen molar-refractivity contribution in [1.29, 1.82) is 0 Å². The first-order chi connectivity index (χ1) is 14.7. The SMILES string of the molecule is CCN(c1ccc(OC)cc1)[C@](C/C=C/c1ccco1)(C(=O)OC)c1ccccc1. The lowest BCUT2D eigenvalue weighted by molar-refractivity contribution is -0.147. The molecule has 156 valence electrons. The maximum atomic E-state index is 13.4. The topological polar surface area (TPSA) is 51.9 Å². The van der Waals surface area contributed by atoms with Crippen LogP contribution in [0.3, 0.4) is 0 Å². The summed E-state index contributed by atoms with van der Waals surface area (Å²) in [4.78, 5) is 15.4.